The van der Waals surface area contributed by atoms with E-state index in [1.807, 2.05) is 32.0 Å². The molecule has 1 aromatic carbocycles. The Morgan fingerprint density at radius 2 is 2.07 bits per heavy atom. The fourth-order valence-electron chi connectivity index (χ4n) is 1.48. The van der Waals surface area contributed by atoms with Crippen molar-refractivity contribution in [3.05, 3.63) is 34.9 Å². The number of aliphatic hydroxyl groups is 1. The van der Waals surface area contributed by atoms with Crippen molar-refractivity contribution in [2.75, 3.05) is 0 Å². The maximum Gasteiger partial charge on any atom is 0.0991 e. The van der Waals surface area contributed by atoms with Crippen molar-refractivity contribution in [1.82, 2.24) is 0 Å². The molecule has 0 unspecified atom stereocenters. The van der Waals surface area contributed by atoms with E-state index >= 15 is 0 Å². The summed E-state index contributed by atoms with van der Waals surface area (Å²) in [7, 11) is 0. The molecule has 0 saturated carbocycles. The van der Waals surface area contributed by atoms with Crippen LogP contribution in [0.4, 0.5) is 0 Å². The van der Waals surface area contributed by atoms with Gasteiger partial charge in [0, 0.05) is 0 Å². The number of hydrogen-bond donors (Lipinski definition) is 1. The second-order valence-corrected chi connectivity index (χ2v) is 4.18. The van der Waals surface area contributed by atoms with Crippen LogP contribution in [0, 0.1) is 24.2 Å². The number of aliphatic hydroxyl groups excluding tert-OH is 1. The number of hydrogen-bond acceptors (Lipinski definition) is 2. The predicted molar refractivity (Wildman–Crippen MR) is 60.4 cm³/mol. The van der Waals surface area contributed by atoms with Gasteiger partial charge >= 0.3 is 0 Å². The van der Waals surface area contributed by atoms with Gasteiger partial charge in [0.1, 0.15) is 0 Å². The molecule has 2 heteroatoms. The van der Waals surface area contributed by atoms with Gasteiger partial charge in [-0.3, -0.25) is 0 Å². The molecular weight excluding hydrogens is 186 g/mol. The SMILES string of the molecule is Cc1ccc(C#N)cc1C[C@@H](C)[C@@H](C)O. The molecule has 0 bridgehead atoms. The number of nitriles is 1. The lowest BCUT2D eigenvalue weighted by atomic mass is 9.93. The van der Waals surface area contributed by atoms with E-state index in [1.54, 1.807) is 6.92 Å². The average Bonchev–Trinajstić information content (AvgIpc) is 2.21. The van der Waals surface area contributed by atoms with E-state index < -0.39 is 0 Å². The highest BCUT2D eigenvalue weighted by molar-refractivity contribution is 5.37. The van der Waals surface area contributed by atoms with Crippen LogP contribution in [0.15, 0.2) is 18.2 Å². The summed E-state index contributed by atoms with van der Waals surface area (Å²) in [6.45, 7) is 5.85. The first-order chi connectivity index (χ1) is 7.04. The molecule has 0 aliphatic heterocycles. The highest BCUT2D eigenvalue weighted by Crippen LogP contribution is 2.17. The molecule has 1 N–H and O–H groups in total. The minimum Gasteiger partial charge on any atom is -0.393 e. The first-order valence-corrected chi connectivity index (χ1v) is 5.22. The van der Waals surface area contributed by atoms with Crippen molar-refractivity contribution < 1.29 is 5.11 Å². The highest BCUT2D eigenvalue weighted by atomic mass is 16.3. The molecule has 1 rings (SSSR count). The van der Waals surface area contributed by atoms with E-state index in [-0.39, 0.29) is 12.0 Å². The van der Waals surface area contributed by atoms with Crippen LogP contribution in [0.25, 0.3) is 0 Å². The van der Waals surface area contributed by atoms with Gasteiger partial charge < -0.3 is 5.11 Å². The summed E-state index contributed by atoms with van der Waals surface area (Å²) in [5, 5.41) is 18.2. The van der Waals surface area contributed by atoms with E-state index in [0.717, 1.165) is 12.0 Å². The van der Waals surface area contributed by atoms with E-state index in [1.165, 1.54) is 5.56 Å². The lowest BCUT2D eigenvalue weighted by Crippen LogP contribution is -2.16. The quantitative estimate of drug-likeness (QED) is 0.820. The fraction of sp³-hybridized carbons (Fsp3) is 0.462. The Balaban J connectivity index is 2.89. The zero-order valence-electron chi connectivity index (χ0n) is 9.49. The third-order valence-corrected chi connectivity index (χ3v) is 2.84. The Morgan fingerprint density at radius 1 is 1.40 bits per heavy atom. The van der Waals surface area contributed by atoms with Crippen molar-refractivity contribution in [1.29, 1.82) is 5.26 Å². The molecule has 2 atom stereocenters. The van der Waals surface area contributed by atoms with Crippen molar-refractivity contribution in [3.8, 4) is 6.07 Å². The number of rotatable bonds is 3. The molecule has 0 saturated heterocycles. The second kappa shape index (κ2) is 4.95. The van der Waals surface area contributed by atoms with Crippen LogP contribution in [-0.4, -0.2) is 11.2 Å². The smallest absolute Gasteiger partial charge is 0.0991 e. The first kappa shape index (κ1) is 11.7. The molecule has 0 fully saturated rings. The van der Waals surface area contributed by atoms with Gasteiger partial charge in [-0.2, -0.15) is 5.26 Å². The van der Waals surface area contributed by atoms with Gasteiger partial charge in [-0.1, -0.05) is 13.0 Å². The molecule has 0 amide bonds. The minimum absolute atomic E-state index is 0.220. The van der Waals surface area contributed by atoms with Gasteiger partial charge in [0.2, 0.25) is 0 Å². The number of nitrogens with zero attached hydrogens (tertiary/aromatic N) is 1. The second-order valence-electron chi connectivity index (χ2n) is 4.18. The van der Waals surface area contributed by atoms with Crippen LogP contribution in [0.1, 0.15) is 30.5 Å². The Morgan fingerprint density at radius 3 is 2.60 bits per heavy atom. The molecule has 0 heterocycles. The third kappa shape index (κ3) is 3.07. The van der Waals surface area contributed by atoms with Crippen LogP contribution in [0.2, 0.25) is 0 Å². The molecule has 0 aliphatic carbocycles. The Bertz CT molecular complexity index is 377. The number of aryl methyl sites for hydroxylation is 1. The fourth-order valence-corrected chi connectivity index (χ4v) is 1.48. The van der Waals surface area contributed by atoms with Gasteiger partial charge in [0.25, 0.3) is 0 Å². The molecular formula is C13H17NO. The van der Waals surface area contributed by atoms with Crippen LogP contribution >= 0.6 is 0 Å². The van der Waals surface area contributed by atoms with Gasteiger partial charge in [-0.15, -0.1) is 0 Å². The van der Waals surface area contributed by atoms with E-state index in [0.29, 0.717) is 5.56 Å². The summed E-state index contributed by atoms with van der Waals surface area (Å²) < 4.78 is 0. The Labute approximate surface area is 91.2 Å². The van der Waals surface area contributed by atoms with Crippen LogP contribution < -0.4 is 0 Å². The van der Waals surface area contributed by atoms with Crippen molar-refractivity contribution in [2.45, 2.75) is 33.3 Å². The van der Waals surface area contributed by atoms with Gasteiger partial charge in [0.15, 0.2) is 0 Å². The number of benzene rings is 1. The zero-order valence-corrected chi connectivity index (χ0v) is 9.49. The summed E-state index contributed by atoms with van der Waals surface area (Å²) in [6, 6.07) is 7.83. The predicted octanol–water partition coefficient (Wildman–Crippen LogP) is 2.43. The minimum atomic E-state index is -0.310. The maximum absolute atomic E-state index is 9.43. The summed E-state index contributed by atoms with van der Waals surface area (Å²) in [5.74, 6) is 0.220. The first-order valence-electron chi connectivity index (χ1n) is 5.22. The van der Waals surface area contributed by atoms with Crippen molar-refractivity contribution >= 4 is 0 Å². The molecule has 0 spiro atoms. The van der Waals surface area contributed by atoms with Crippen molar-refractivity contribution in [2.24, 2.45) is 5.92 Å². The topological polar surface area (TPSA) is 44.0 Å². The normalized spacial score (nSPS) is 14.3. The third-order valence-electron chi connectivity index (χ3n) is 2.84. The molecule has 2 nitrogen and oxygen atoms in total. The largest absolute Gasteiger partial charge is 0.393 e. The standard InChI is InChI=1S/C13H17NO/c1-9-4-5-12(8-14)7-13(9)6-10(2)11(3)15/h4-5,7,10-11,15H,6H2,1-3H3/t10-,11-/m1/s1. The lowest BCUT2D eigenvalue weighted by Gasteiger charge is -2.16. The molecule has 80 valence electrons. The lowest BCUT2D eigenvalue weighted by molar-refractivity contribution is 0.135. The van der Waals surface area contributed by atoms with Gasteiger partial charge in [-0.25, -0.2) is 0 Å². The Hall–Kier alpha value is -1.33. The summed E-state index contributed by atoms with van der Waals surface area (Å²) >= 11 is 0. The van der Waals surface area contributed by atoms with E-state index in [4.69, 9.17) is 5.26 Å². The molecule has 0 aliphatic rings. The van der Waals surface area contributed by atoms with Gasteiger partial charge in [0.05, 0.1) is 17.7 Å². The van der Waals surface area contributed by atoms with Crippen LogP contribution in [-0.2, 0) is 6.42 Å². The zero-order chi connectivity index (χ0) is 11.4. The summed E-state index contributed by atoms with van der Waals surface area (Å²) in [5.41, 5.74) is 3.03. The van der Waals surface area contributed by atoms with E-state index in [9.17, 15) is 5.11 Å². The molecule has 15 heavy (non-hydrogen) atoms. The van der Waals surface area contributed by atoms with Crippen LogP contribution in [0.3, 0.4) is 0 Å². The Kier molecular flexibility index (Phi) is 3.88. The summed E-state index contributed by atoms with van der Waals surface area (Å²) in [4.78, 5) is 0. The monoisotopic (exact) mass is 203 g/mol. The van der Waals surface area contributed by atoms with Crippen molar-refractivity contribution in [3.63, 3.8) is 0 Å². The van der Waals surface area contributed by atoms with E-state index in [2.05, 4.69) is 6.07 Å². The average molecular weight is 203 g/mol. The summed E-state index contributed by atoms with van der Waals surface area (Å²) in [6.07, 6.45) is 0.508. The van der Waals surface area contributed by atoms with Crippen LogP contribution in [0.5, 0.6) is 0 Å². The highest BCUT2D eigenvalue weighted by Gasteiger charge is 2.11. The molecule has 1 aromatic rings. The van der Waals surface area contributed by atoms with Gasteiger partial charge in [-0.05, 0) is 49.4 Å². The molecule has 0 radical (unpaired) electrons. The molecule has 0 aromatic heterocycles. The maximum atomic E-state index is 9.43.